The van der Waals surface area contributed by atoms with E-state index >= 15 is 0 Å². The highest BCUT2D eigenvalue weighted by Crippen LogP contribution is 2.56. The van der Waals surface area contributed by atoms with Gasteiger partial charge in [-0.15, -0.1) is 6.08 Å². The fraction of sp³-hybridized carbons (Fsp3) is 0.588. The molecule has 0 aromatic carbocycles. The van der Waals surface area contributed by atoms with Crippen LogP contribution < -0.4 is 0 Å². The van der Waals surface area contributed by atoms with Crippen LogP contribution in [-0.4, -0.2) is 11.4 Å². The molecule has 5 aliphatic rings. The normalized spacial score (nSPS) is 47.2. The minimum absolute atomic E-state index is 0.115. The molecule has 0 heterocycles. The highest BCUT2D eigenvalue weighted by Gasteiger charge is 2.57. The predicted octanol–water partition coefficient (Wildman–Crippen LogP) is 3.55. The largest absolute Gasteiger partial charge is 0.308 e. The van der Waals surface area contributed by atoms with Gasteiger partial charge in [0, 0.05) is 19.3 Å². The third-order valence-corrected chi connectivity index (χ3v) is 5.23. The maximum atomic E-state index is 6.42. The lowest BCUT2D eigenvalue weighted by molar-refractivity contribution is -0.574. The third kappa shape index (κ3) is 1.64. The number of rotatable bonds is 1. The quantitative estimate of drug-likeness (QED) is 0.377. The third-order valence-electron chi connectivity index (χ3n) is 5.23. The van der Waals surface area contributed by atoms with E-state index in [2.05, 4.69) is 0 Å². The molecule has 0 N–H and O–H groups in total. The lowest BCUT2D eigenvalue weighted by Gasteiger charge is -2.50. The molecule has 4 bridgehead atoms. The van der Waals surface area contributed by atoms with E-state index in [1.807, 2.05) is 24.3 Å². The molecule has 0 radical (unpaired) electrons. The van der Waals surface area contributed by atoms with Gasteiger partial charge in [-0.25, -0.2) is 6.58 Å². The molecular weight excluding hydrogens is 220 g/mol. The van der Waals surface area contributed by atoms with Crippen LogP contribution in [0.1, 0.15) is 38.5 Å². The van der Waals surface area contributed by atoms with E-state index in [4.69, 9.17) is 11.0 Å². The first kappa shape index (κ1) is 10.8. The molecule has 0 amide bonds. The van der Waals surface area contributed by atoms with Crippen LogP contribution in [0, 0.1) is 24.3 Å². The van der Waals surface area contributed by atoms with Gasteiger partial charge in [0.15, 0.2) is 0 Å². The molecule has 5 aliphatic carbocycles. The second-order valence-electron chi connectivity index (χ2n) is 6.74. The molecule has 0 aromatic rings. The topological polar surface area (TPSA) is 11.3 Å². The van der Waals surface area contributed by atoms with E-state index in [9.17, 15) is 0 Å². The van der Waals surface area contributed by atoms with Gasteiger partial charge < -0.3 is 4.42 Å². The van der Waals surface area contributed by atoms with Gasteiger partial charge in [-0.3, -0.25) is 0 Å². The molecule has 1 nitrogen and oxygen atoms in total. The first-order valence-corrected chi connectivity index (χ1v) is 7.26. The molecule has 5 rings (SSSR count). The molecule has 94 valence electrons. The first-order valence-electron chi connectivity index (χ1n) is 7.26. The standard InChI is InChI=1S/C17H20O/c1-12-4-2-3-5-16(12)18-17-9-13-6-14(10-17)8-15(7-13)11-17/h1-5,13-15H,6-11H2. The molecule has 0 aliphatic heterocycles. The summed E-state index contributed by atoms with van der Waals surface area (Å²) >= 11 is 0. The van der Waals surface area contributed by atoms with Crippen LogP contribution in [-0.2, 0) is 4.42 Å². The molecule has 4 saturated carbocycles. The number of ketones is 1. The summed E-state index contributed by atoms with van der Waals surface area (Å²) in [7, 11) is 0. The average Bonchev–Trinajstić information content (AvgIpc) is 2.30. The maximum absolute atomic E-state index is 6.42. The molecule has 1 heteroatoms. The zero-order valence-electron chi connectivity index (χ0n) is 10.8. The molecule has 4 fully saturated rings. The fourth-order valence-electron chi connectivity index (χ4n) is 4.96. The Hall–Kier alpha value is -1.11. The van der Waals surface area contributed by atoms with Crippen molar-refractivity contribution >= 4 is 5.78 Å². The Bertz CT molecular complexity index is 443. The molecular formula is C17H20O. The van der Waals surface area contributed by atoms with Crippen molar-refractivity contribution in [3.8, 4) is 0 Å². The van der Waals surface area contributed by atoms with E-state index in [1.165, 1.54) is 38.5 Å². The summed E-state index contributed by atoms with van der Waals surface area (Å²) < 4.78 is 6.42. The van der Waals surface area contributed by atoms with Crippen LogP contribution in [0.3, 0.4) is 0 Å². The summed E-state index contributed by atoms with van der Waals surface area (Å²) in [6.07, 6.45) is 16.1. The second kappa shape index (κ2) is 3.69. The van der Waals surface area contributed by atoms with Gasteiger partial charge in [-0.2, -0.15) is 6.08 Å². The Morgan fingerprint density at radius 3 is 2.06 bits per heavy atom. The van der Waals surface area contributed by atoms with Crippen LogP contribution in [0.2, 0.25) is 0 Å². The summed E-state index contributed by atoms with van der Waals surface area (Å²) in [5.74, 6) is 3.66. The number of hydrogen-bond acceptors (Lipinski definition) is 0. The van der Waals surface area contributed by atoms with Gasteiger partial charge in [-0.05, 0) is 43.1 Å². The van der Waals surface area contributed by atoms with E-state index in [-0.39, 0.29) is 5.60 Å². The van der Waals surface area contributed by atoms with Crippen LogP contribution in [0.5, 0.6) is 0 Å². The van der Waals surface area contributed by atoms with Crippen molar-refractivity contribution in [2.45, 2.75) is 44.1 Å². The van der Waals surface area contributed by atoms with Crippen molar-refractivity contribution < 1.29 is 4.42 Å². The zero-order valence-corrected chi connectivity index (χ0v) is 10.8. The Morgan fingerprint density at radius 2 is 1.50 bits per heavy atom. The monoisotopic (exact) mass is 240 g/mol. The molecule has 0 aromatic heterocycles. The van der Waals surface area contributed by atoms with Crippen molar-refractivity contribution in [2.75, 3.05) is 0 Å². The number of carbonyl (C=O) groups excluding carboxylic acids is 1. The Labute approximate surface area is 109 Å². The molecule has 0 spiro atoms. The zero-order chi connectivity index (χ0) is 12.2. The highest BCUT2D eigenvalue weighted by molar-refractivity contribution is 6.06. The van der Waals surface area contributed by atoms with Crippen molar-refractivity contribution in [3.63, 3.8) is 0 Å². The first-order chi connectivity index (χ1) is 8.72. The van der Waals surface area contributed by atoms with Gasteiger partial charge in [0.25, 0.3) is 5.60 Å². The van der Waals surface area contributed by atoms with Gasteiger partial charge in [0.05, 0.1) is 0 Å². The average molecular weight is 240 g/mol. The summed E-state index contributed by atoms with van der Waals surface area (Å²) in [6.45, 7) is 6.02. The van der Waals surface area contributed by atoms with Crippen molar-refractivity contribution in [1.29, 1.82) is 0 Å². The molecule has 0 atom stereocenters. The van der Waals surface area contributed by atoms with E-state index in [1.54, 1.807) is 0 Å². The van der Waals surface area contributed by atoms with Crippen molar-refractivity contribution in [2.24, 2.45) is 17.8 Å². The van der Waals surface area contributed by atoms with Crippen LogP contribution >= 0.6 is 0 Å². The lowest BCUT2D eigenvalue weighted by atomic mass is 9.54. The fourth-order valence-corrected chi connectivity index (χ4v) is 4.96. The lowest BCUT2D eigenvalue weighted by Crippen LogP contribution is -2.51. The van der Waals surface area contributed by atoms with Gasteiger partial charge in [-0.1, -0.05) is 11.6 Å². The Balaban J connectivity index is 1.68. The molecule has 0 saturated heterocycles. The SMILES string of the molecule is [CH-]=C1C=CC=CC1=[O+]C12CC3CC(CC(C3)C1)C2. The van der Waals surface area contributed by atoms with Crippen molar-refractivity contribution in [3.05, 3.63) is 36.5 Å². The van der Waals surface area contributed by atoms with Crippen LogP contribution in [0.4, 0.5) is 0 Å². The van der Waals surface area contributed by atoms with E-state index < -0.39 is 0 Å². The maximum Gasteiger partial charge on any atom is 0.267 e. The predicted molar refractivity (Wildman–Crippen MR) is 72.0 cm³/mol. The summed E-state index contributed by atoms with van der Waals surface area (Å²) in [6, 6.07) is 0. The number of allylic oxidation sites excluding steroid dienone is 5. The van der Waals surface area contributed by atoms with Gasteiger partial charge in [0.1, 0.15) is 0 Å². The summed E-state index contributed by atoms with van der Waals surface area (Å²) in [5, 5.41) is 0. The highest BCUT2D eigenvalue weighted by atomic mass is 16.4. The van der Waals surface area contributed by atoms with Crippen molar-refractivity contribution in [1.82, 2.24) is 0 Å². The van der Waals surface area contributed by atoms with E-state index in [0.29, 0.717) is 0 Å². The van der Waals surface area contributed by atoms with Gasteiger partial charge >= 0.3 is 0 Å². The summed E-state index contributed by atoms with van der Waals surface area (Å²) in [5.41, 5.74) is 0.901. The smallest absolute Gasteiger partial charge is 0.267 e. The summed E-state index contributed by atoms with van der Waals surface area (Å²) in [4.78, 5) is 0. The van der Waals surface area contributed by atoms with E-state index in [0.717, 1.165) is 29.1 Å². The molecule has 0 unspecified atom stereocenters. The van der Waals surface area contributed by atoms with Gasteiger partial charge in [0.2, 0.25) is 5.78 Å². The Kier molecular flexibility index (Phi) is 2.21. The molecule has 18 heavy (non-hydrogen) atoms. The van der Waals surface area contributed by atoms with Crippen LogP contribution in [0.25, 0.3) is 0 Å². The minimum Gasteiger partial charge on any atom is -0.308 e. The van der Waals surface area contributed by atoms with Crippen LogP contribution in [0.15, 0.2) is 29.9 Å². The second-order valence-corrected chi connectivity index (χ2v) is 6.74. The minimum atomic E-state index is 0.115. The number of hydrogen-bond donors (Lipinski definition) is 0. The Morgan fingerprint density at radius 1 is 0.944 bits per heavy atom.